The van der Waals surface area contributed by atoms with E-state index in [1.807, 2.05) is 31.2 Å². The van der Waals surface area contributed by atoms with E-state index in [-0.39, 0.29) is 0 Å². The van der Waals surface area contributed by atoms with E-state index >= 15 is 0 Å². The van der Waals surface area contributed by atoms with E-state index in [4.69, 9.17) is 9.47 Å². The van der Waals surface area contributed by atoms with Gasteiger partial charge in [-0.25, -0.2) is 9.31 Å². The number of aromatic nitrogens is 3. The van der Waals surface area contributed by atoms with Crippen molar-refractivity contribution in [3.8, 4) is 5.75 Å². The number of rotatable bonds is 4. The van der Waals surface area contributed by atoms with Crippen LogP contribution in [0.2, 0.25) is 0 Å². The molecule has 0 unspecified atom stereocenters. The molecule has 22 heavy (non-hydrogen) atoms. The van der Waals surface area contributed by atoms with Crippen LogP contribution < -0.4 is 4.74 Å². The highest BCUT2D eigenvalue weighted by Crippen LogP contribution is 2.23. The van der Waals surface area contributed by atoms with Gasteiger partial charge in [-0.1, -0.05) is 12.1 Å². The molecule has 1 aromatic carbocycles. The first-order chi connectivity index (χ1) is 10.7. The van der Waals surface area contributed by atoms with Crippen molar-refractivity contribution in [2.24, 2.45) is 0 Å². The van der Waals surface area contributed by atoms with E-state index in [9.17, 15) is 4.79 Å². The zero-order valence-electron chi connectivity index (χ0n) is 12.3. The van der Waals surface area contributed by atoms with Crippen molar-refractivity contribution in [3.05, 3.63) is 60.2 Å². The third kappa shape index (κ3) is 2.63. The zero-order chi connectivity index (χ0) is 15.5. The fourth-order valence-electron chi connectivity index (χ4n) is 2.18. The standard InChI is InChI=1S/C16H15N3O3/c1-11(12-4-3-5-13(8-12)21-2)22-16(20)14-9-18-19-7-6-17-10-15(14)19/h3-11H,1-2H3/t11-/m1/s1. The monoisotopic (exact) mass is 297 g/mol. The summed E-state index contributed by atoms with van der Waals surface area (Å²) in [6, 6.07) is 7.43. The predicted octanol–water partition coefficient (Wildman–Crippen LogP) is 2.66. The number of methoxy groups -OCH3 is 1. The highest BCUT2D eigenvalue weighted by molar-refractivity contribution is 5.96. The zero-order valence-corrected chi connectivity index (χ0v) is 12.3. The Hall–Kier alpha value is -2.89. The fourth-order valence-corrected chi connectivity index (χ4v) is 2.18. The lowest BCUT2D eigenvalue weighted by molar-refractivity contribution is 0.0339. The maximum atomic E-state index is 12.3. The second-order valence-corrected chi connectivity index (χ2v) is 4.79. The van der Waals surface area contributed by atoms with Crippen LogP contribution >= 0.6 is 0 Å². The lowest BCUT2D eigenvalue weighted by Gasteiger charge is -2.14. The lowest BCUT2D eigenvalue weighted by atomic mass is 10.1. The van der Waals surface area contributed by atoms with Crippen LogP contribution in [0.1, 0.15) is 28.9 Å². The van der Waals surface area contributed by atoms with Crippen LogP contribution in [-0.2, 0) is 4.74 Å². The Morgan fingerprint density at radius 3 is 3.00 bits per heavy atom. The van der Waals surface area contributed by atoms with Crippen molar-refractivity contribution in [1.29, 1.82) is 0 Å². The van der Waals surface area contributed by atoms with Crippen molar-refractivity contribution in [2.75, 3.05) is 7.11 Å². The van der Waals surface area contributed by atoms with E-state index in [0.29, 0.717) is 11.1 Å². The van der Waals surface area contributed by atoms with E-state index in [1.165, 1.54) is 6.20 Å². The third-order valence-electron chi connectivity index (χ3n) is 3.39. The molecule has 6 nitrogen and oxygen atoms in total. The highest BCUT2D eigenvalue weighted by Gasteiger charge is 2.18. The number of esters is 1. The van der Waals surface area contributed by atoms with Gasteiger partial charge in [-0.15, -0.1) is 0 Å². The summed E-state index contributed by atoms with van der Waals surface area (Å²) in [5.41, 5.74) is 1.87. The summed E-state index contributed by atoms with van der Waals surface area (Å²) < 4.78 is 12.3. The molecule has 112 valence electrons. The van der Waals surface area contributed by atoms with Crippen LogP contribution in [0.5, 0.6) is 5.75 Å². The summed E-state index contributed by atoms with van der Waals surface area (Å²) in [6.45, 7) is 1.82. The van der Waals surface area contributed by atoms with Crippen molar-refractivity contribution in [2.45, 2.75) is 13.0 Å². The van der Waals surface area contributed by atoms with Crippen LogP contribution in [0.25, 0.3) is 5.52 Å². The maximum Gasteiger partial charge on any atom is 0.342 e. The Bertz CT molecular complexity index is 813. The van der Waals surface area contributed by atoms with Crippen LogP contribution in [0.15, 0.2) is 49.1 Å². The largest absolute Gasteiger partial charge is 0.497 e. The van der Waals surface area contributed by atoms with E-state index < -0.39 is 12.1 Å². The quantitative estimate of drug-likeness (QED) is 0.693. The van der Waals surface area contributed by atoms with Gasteiger partial charge in [0.15, 0.2) is 0 Å². The van der Waals surface area contributed by atoms with E-state index in [0.717, 1.165) is 11.3 Å². The molecule has 0 spiro atoms. The predicted molar refractivity (Wildman–Crippen MR) is 79.8 cm³/mol. The number of benzene rings is 1. The van der Waals surface area contributed by atoms with Gasteiger partial charge in [0.05, 0.1) is 25.0 Å². The van der Waals surface area contributed by atoms with Crippen molar-refractivity contribution >= 4 is 11.5 Å². The van der Waals surface area contributed by atoms with Gasteiger partial charge in [0, 0.05) is 12.4 Å². The SMILES string of the molecule is COc1cccc([C@@H](C)OC(=O)c2cnn3ccncc23)c1. The van der Waals surface area contributed by atoms with Crippen LogP contribution in [-0.4, -0.2) is 27.7 Å². The molecule has 0 aliphatic heterocycles. The highest BCUT2D eigenvalue weighted by atomic mass is 16.5. The smallest absolute Gasteiger partial charge is 0.342 e. The summed E-state index contributed by atoms with van der Waals surface area (Å²) in [7, 11) is 1.60. The van der Waals surface area contributed by atoms with Gasteiger partial charge in [-0.2, -0.15) is 5.10 Å². The molecular weight excluding hydrogens is 282 g/mol. The number of ether oxygens (including phenoxy) is 2. The summed E-state index contributed by atoms with van der Waals surface area (Å²) in [6.07, 6.45) is 5.96. The first-order valence-corrected chi connectivity index (χ1v) is 6.81. The van der Waals surface area contributed by atoms with Gasteiger partial charge < -0.3 is 9.47 Å². The topological polar surface area (TPSA) is 65.7 Å². The van der Waals surface area contributed by atoms with Crippen LogP contribution in [0.3, 0.4) is 0 Å². The second-order valence-electron chi connectivity index (χ2n) is 4.79. The Balaban J connectivity index is 1.81. The molecule has 2 heterocycles. The summed E-state index contributed by atoms with van der Waals surface area (Å²) >= 11 is 0. The van der Waals surface area contributed by atoms with Crippen molar-refractivity contribution in [1.82, 2.24) is 14.6 Å². The fraction of sp³-hybridized carbons (Fsp3) is 0.188. The summed E-state index contributed by atoms with van der Waals surface area (Å²) in [4.78, 5) is 16.3. The van der Waals surface area contributed by atoms with Gasteiger partial charge in [-0.3, -0.25) is 4.98 Å². The van der Waals surface area contributed by atoms with Gasteiger partial charge in [0.1, 0.15) is 17.4 Å². The average Bonchev–Trinajstić information content (AvgIpc) is 2.99. The summed E-state index contributed by atoms with van der Waals surface area (Å²) in [5.74, 6) is 0.291. The Kier molecular flexibility index (Phi) is 3.74. The molecule has 6 heteroatoms. The molecule has 0 radical (unpaired) electrons. The third-order valence-corrected chi connectivity index (χ3v) is 3.39. The molecule has 0 saturated carbocycles. The van der Waals surface area contributed by atoms with Gasteiger partial charge in [0.25, 0.3) is 0 Å². The minimum Gasteiger partial charge on any atom is -0.497 e. The number of nitrogens with zero attached hydrogens (tertiary/aromatic N) is 3. The molecule has 0 bridgehead atoms. The molecule has 0 saturated heterocycles. The maximum absolute atomic E-state index is 12.3. The normalized spacial score (nSPS) is 12.1. The molecule has 0 N–H and O–H groups in total. The Morgan fingerprint density at radius 2 is 2.18 bits per heavy atom. The molecule has 0 aliphatic rings. The second kappa shape index (κ2) is 5.85. The molecule has 0 fully saturated rings. The molecular formula is C16H15N3O3. The lowest BCUT2D eigenvalue weighted by Crippen LogP contribution is -2.09. The van der Waals surface area contributed by atoms with Crippen molar-refractivity contribution < 1.29 is 14.3 Å². The minimum atomic E-state index is -0.432. The van der Waals surface area contributed by atoms with E-state index in [2.05, 4.69) is 10.1 Å². The van der Waals surface area contributed by atoms with Gasteiger partial charge in [-0.05, 0) is 24.6 Å². The van der Waals surface area contributed by atoms with Gasteiger partial charge in [0.2, 0.25) is 0 Å². The first-order valence-electron chi connectivity index (χ1n) is 6.81. The number of carbonyl (C=O) groups excluding carboxylic acids is 1. The minimum absolute atomic E-state index is 0.392. The first kappa shape index (κ1) is 14.1. The molecule has 0 amide bonds. The average molecular weight is 297 g/mol. The number of hydrogen-bond donors (Lipinski definition) is 0. The van der Waals surface area contributed by atoms with Crippen molar-refractivity contribution in [3.63, 3.8) is 0 Å². The van der Waals surface area contributed by atoms with Crippen LogP contribution in [0.4, 0.5) is 0 Å². The number of hydrogen-bond acceptors (Lipinski definition) is 5. The molecule has 2 aromatic heterocycles. The van der Waals surface area contributed by atoms with Crippen LogP contribution in [0, 0.1) is 0 Å². The molecule has 3 aromatic rings. The molecule has 1 atom stereocenters. The number of carbonyl (C=O) groups is 1. The Labute approximate surface area is 127 Å². The molecule has 0 aliphatic carbocycles. The molecule has 3 rings (SSSR count). The summed E-state index contributed by atoms with van der Waals surface area (Å²) in [5, 5.41) is 4.10. The Morgan fingerprint density at radius 1 is 1.32 bits per heavy atom. The number of fused-ring (bicyclic) bond motifs is 1. The van der Waals surface area contributed by atoms with Gasteiger partial charge >= 0.3 is 5.97 Å². The van der Waals surface area contributed by atoms with E-state index in [1.54, 1.807) is 30.2 Å².